The Hall–Kier alpha value is -1.84. The molecule has 0 aliphatic carbocycles. The summed E-state index contributed by atoms with van der Waals surface area (Å²) in [6.45, 7) is 1.75. The van der Waals surface area contributed by atoms with Crippen molar-refractivity contribution in [1.29, 1.82) is 0 Å². The number of phenols is 1. The van der Waals surface area contributed by atoms with Gasteiger partial charge in [0, 0.05) is 17.0 Å². The second kappa shape index (κ2) is 3.38. The molecule has 0 unspecified atom stereocenters. The molecule has 2 aromatic rings. The van der Waals surface area contributed by atoms with E-state index in [2.05, 4.69) is 0 Å². The van der Waals surface area contributed by atoms with Crippen LogP contribution in [0.1, 0.15) is 12.5 Å². The van der Waals surface area contributed by atoms with E-state index in [4.69, 9.17) is 4.42 Å². The molecule has 0 aliphatic rings. The van der Waals surface area contributed by atoms with E-state index in [0.717, 1.165) is 0 Å². The Bertz CT molecular complexity index is 572. The van der Waals surface area contributed by atoms with Crippen molar-refractivity contribution in [3.05, 3.63) is 40.0 Å². The first-order valence-corrected chi connectivity index (χ1v) is 4.57. The molecule has 2 rings (SSSR count). The molecule has 1 aromatic carbocycles. The molecule has 1 N–H and O–H groups in total. The van der Waals surface area contributed by atoms with Gasteiger partial charge in [0.25, 0.3) is 0 Å². The van der Waals surface area contributed by atoms with Gasteiger partial charge in [0.2, 0.25) is 5.82 Å². The van der Waals surface area contributed by atoms with Crippen molar-refractivity contribution < 1.29 is 13.9 Å². The number of benzene rings is 1. The molecule has 1 heterocycles. The van der Waals surface area contributed by atoms with E-state index >= 15 is 0 Å². The summed E-state index contributed by atoms with van der Waals surface area (Å²) in [4.78, 5) is 11.1. The van der Waals surface area contributed by atoms with Crippen LogP contribution in [0.25, 0.3) is 11.0 Å². The van der Waals surface area contributed by atoms with Gasteiger partial charge in [-0.05, 0) is 18.6 Å². The third-order valence-corrected chi connectivity index (χ3v) is 2.29. The maximum Gasteiger partial charge on any atom is 0.372 e. The van der Waals surface area contributed by atoms with E-state index in [-0.39, 0.29) is 11.3 Å². The number of rotatable bonds is 1. The zero-order chi connectivity index (χ0) is 11.0. The molecule has 1 aromatic heterocycles. The number of hydrogen-bond acceptors (Lipinski definition) is 3. The minimum absolute atomic E-state index is 0.0145. The predicted octanol–water partition coefficient (Wildman–Crippen LogP) is 2.20. The molecule has 0 atom stereocenters. The van der Waals surface area contributed by atoms with Crippen LogP contribution in [0.4, 0.5) is 4.39 Å². The third-order valence-electron chi connectivity index (χ3n) is 2.29. The summed E-state index contributed by atoms with van der Waals surface area (Å²) >= 11 is 0. The van der Waals surface area contributed by atoms with Crippen molar-refractivity contribution in [3.63, 3.8) is 0 Å². The van der Waals surface area contributed by atoms with Crippen LogP contribution < -0.4 is 5.63 Å². The summed E-state index contributed by atoms with van der Waals surface area (Å²) in [6.07, 6.45) is 0.401. The highest BCUT2D eigenvalue weighted by Gasteiger charge is 2.12. The SMILES string of the molecule is CCc1c(F)c(=O)oc2cc(O)ccc12. The normalized spacial score (nSPS) is 10.8. The van der Waals surface area contributed by atoms with Crippen molar-refractivity contribution >= 4 is 11.0 Å². The second-order valence-corrected chi connectivity index (χ2v) is 3.22. The quantitative estimate of drug-likeness (QED) is 0.731. The summed E-state index contributed by atoms with van der Waals surface area (Å²) < 4.78 is 18.1. The van der Waals surface area contributed by atoms with E-state index in [1.807, 2.05) is 0 Å². The molecule has 0 amide bonds. The highest BCUT2D eigenvalue weighted by Crippen LogP contribution is 2.23. The smallest absolute Gasteiger partial charge is 0.372 e. The second-order valence-electron chi connectivity index (χ2n) is 3.22. The first kappa shape index (κ1) is 9.71. The maximum atomic E-state index is 13.4. The van der Waals surface area contributed by atoms with E-state index in [0.29, 0.717) is 17.4 Å². The van der Waals surface area contributed by atoms with E-state index in [9.17, 15) is 14.3 Å². The standard InChI is InChI=1S/C11H9FO3/c1-2-7-8-4-3-6(13)5-9(8)15-11(14)10(7)12/h3-5,13H,2H2,1H3. The molecular weight excluding hydrogens is 199 g/mol. The van der Waals surface area contributed by atoms with Crippen LogP contribution in [0.15, 0.2) is 27.4 Å². The number of phenolic OH excluding ortho intramolecular Hbond substituents is 1. The molecule has 0 fully saturated rings. The lowest BCUT2D eigenvalue weighted by molar-refractivity contribution is 0.464. The van der Waals surface area contributed by atoms with Crippen molar-refractivity contribution in [1.82, 2.24) is 0 Å². The molecule has 78 valence electrons. The molecule has 0 radical (unpaired) electrons. The predicted molar refractivity (Wildman–Crippen MR) is 53.5 cm³/mol. The van der Waals surface area contributed by atoms with Crippen LogP contribution in [0.3, 0.4) is 0 Å². The zero-order valence-corrected chi connectivity index (χ0v) is 8.08. The van der Waals surface area contributed by atoms with Crippen LogP contribution >= 0.6 is 0 Å². The lowest BCUT2D eigenvalue weighted by Gasteiger charge is -2.03. The van der Waals surface area contributed by atoms with E-state index < -0.39 is 11.4 Å². The summed E-state index contributed by atoms with van der Waals surface area (Å²) in [7, 11) is 0. The molecule has 3 nitrogen and oxygen atoms in total. The minimum atomic E-state index is -0.995. The lowest BCUT2D eigenvalue weighted by atomic mass is 10.1. The first-order chi connectivity index (χ1) is 7.13. The maximum absolute atomic E-state index is 13.4. The van der Waals surface area contributed by atoms with Gasteiger partial charge >= 0.3 is 5.63 Å². The average Bonchev–Trinajstić information content (AvgIpc) is 2.20. The first-order valence-electron chi connectivity index (χ1n) is 4.57. The van der Waals surface area contributed by atoms with Gasteiger partial charge in [0.05, 0.1) is 0 Å². The van der Waals surface area contributed by atoms with Gasteiger partial charge in [0.1, 0.15) is 11.3 Å². The number of aromatic hydroxyl groups is 1. The van der Waals surface area contributed by atoms with Gasteiger partial charge in [-0.15, -0.1) is 0 Å². The Labute approximate surface area is 84.8 Å². The van der Waals surface area contributed by atoms with Gasteiger partial charge in [-0.1, -0.05) is 6.92 Å². The molecule has 0 bridgehead atoms. The molecule has 4 heteroatoms. The van der Waals surface area contributed by atoms with Crippen molar-refractivity contribution in [2.75, 3.05) is 0 Å². The molecule has 0 spiro atoms. The largest absolute Gasteiger partial charge is 0.508 e. The highest BCUT2D eigenvalue weighted by atomic mass is 19.1. The van der Waals surface area contributed by atoms with Crippen molar-refractivity contribution in [2.24, 2.45) is 0 Å². The monoisotopic (exact) mass is 208 g/mol. The van der Waals surface area contributed by atoms with E-state index in [1.165, 1.54) is 18.2 Å². The summed E-state index contributed by atoms with van der Waals surface area (Å²) in [5.41, 5.74) is -0.468. The average molecular weight is 208 g/mol. The summed E-state index contributed by atoms with van der Waals surface area (Å²) in [5, 5.41) is 9.72. The van der Waals surface area contributed by atoms with Gasteiger partial charge in [-0.25, -0.2) is 4.79 Å². The fraction of sp³-hybridized carbons (Fsp3) is 0.182. The Morgan fingerprint density at radius 2 is 2.20 bits per heavy atom. The van der Waals surface area contributed by atoms with Crippen LogP contribution in [-0.4, -0.2) is 5.11 Å². The fourth-order valence-electron chi connectivity index (χ4n) is 1.58. The zero-order valence-electron chi connectivity index (χ0n) is 8.08. The number of aryl methyl sites for hydroxylation is 1. The van der Waals surface area contributed by atoms with Gasteiger partial charge in [-0.2, -0.15) is 4.39 Å². The summed E-state index contributed by atoms with van der Waals surface area (Å²) in [5.74, 6) is -0.866. The lowest BCUT2D eigenvalue weighted by Crippen LogP contribution is -2.08. The van der Waals surface area contributed by atoms with Gasteiger partial charge in [0.15, 0.2) is 0 Å². The minimum Gasteiger partial charge on any atom is -0.508 e. The Kier molecular flexibility index (Phi) is 2.19. The van der Waals surface area contributed by atoms with Crippen LogP contribution in [0.5, 0.6) is 5.75 Å². The number of hydrogen-bond donors (Lipinski definition) is 1. The number of fused-ring (bicyclic) bond motifs is 1. The molecular formula is C11H9FO3. The Morgan fingerprint density at radius 3 is 2.87 bits per heavy atom. The fourth-order valence-corrected chi connectivity index (χ4v) is 1.58. The third kappa shape index (κ3) is 1.48. The van der Waals surface area contributed by atoms with Gasteiger partial charge in [-0.3, -0.25) is 0 Å². The Balaban J connectivity index is 2.94. The van der Waals surface area contributed by atoms with Crippen LogP contribution in [0.2, 0.25) is 0 Å². The van der Waals surface area contributed by atoms with Crippen molar-refractivity contribution in [3.8, 4) is 5.75 Å². The molecule has 0 aliphatic heterocycles. The van der Waals surface area contributed by atoms with Crippen molar-refractivity contribution in [2.45, 2.75) is 13.3 Å². The topological polar surface area (TPSA) is 50.4 Å². The van der Waals surface area contributed by atoms with E-state index in [1.54, 1.807) is 6.92 Å². The highest BCUT2D eigenvalue weighted by molar-refractivity contribution is 5.81. The Morgan fingerprint density at radius 1 is 1.47 bits per heavy atom. The number of halogens is 1. The molecule has 0 saturated heterocycles. The van der Waals surface area contributed by atoms with Crippen LogP contribution in [-0.2, 0) is 6.42 Å². The van der Waals surface area contributed by atoms with Crippen LogP contribution in [0, 0.1) is 5.82 Å². The summed E-state index contributed by atoms with van der Waals surface area (Å²) in [6, 6.07) is 4.27. The van der Waals surface area contributed by atoms with Gasteiger partial charge < -0.3 is 9.52 Å². The molecule has 15 heavy (non-hydrogen) atoms. The molecule has 0 saturated carbocycles.